The third-order valence-electron chi connectivity index (χ3n) is 7.09. The number of fused-ring (bicyclic) bond motifs is 2. The summed E-state index contributed by atoms with van der Waals surface area (Å²) in [7, 11) is 0. The normalized spacial score (nSPS) is 25.7. The standard InChI is InChI=1S/C27H42O5/c1-5-6-7-10-20(28)12-13-21-22-14-18-9-8-11-25(23(18)15-19(22)16-24(21)29)31-17-26(30)32-27(2,3)4/h8-9,11,19-22,24,28-29H,5-7,10,12-17H2,1-4H3. The maximum Gasteiger partial charge on any atom is 0.344 e. The van der Waals surface area contributed by atoms with Crippen LogP contribution in [0.2, 0.25) is 0 Å². The second-order valence-corrected chi connectivity index (χ2v) is 10.8. The Labute approximate surface area is 193 Å². The number of carbonyl (C=O) groups is 1. The molecule has 2 aliphatic carbocycles. The Balaban J connectivity index is 1.60. The van der Waals surface area contributed by atoms with Crippen molar-refractivity contribution in [2.45, 2.75) is 103 Å². The van der Waals surface area contributed by atoms with Crippen molar-refractivity contribution in [1.82, 2.24) is 0 Å². The molecular formula is C27H42O5. The van der Waals surface area contributed by atoms with Gasteiger partial charge in [0, 0.05) is 0 Å². The molecule has 3 rings (SSSR count). The molecule has 0 amide bonds. The number of carbonyl (C=O) groups excluding carboxylic acids is 1. The minimum absolute atomic E-state index is 0.0943. The first-order valence-electron chi connectivity index (χ1n) is 12.5. The Morgan fingerprint density at radius 2 is 1.97 bits per heavy atom. The van der Waals surface area contributed by atoms with Crippen LogP contribution < -0.4 is 4.74 Å². The molecule has 5 nitrogen and oxygen atoms in total. The average molecular weight is 447 g/mol. The summed E-state index contributed by atoms with van der Waals surface area (Å²) in [5.41, 5.74) is 1.91. The largest absolute Gasteiger partial charge is 0.482 e. The number of rotatable bonds is 10. The number of benzene rings is 1. The predicted octanol–water partition coefficient (Wildman–Crippen LogP) is 4.84. The minimum atomic E-state index is -0.525. The van der Waals surface area contributed by atoms with Crippen LogP contribution in [-0.2, 0) is 22.4 Å². The van der Waals surface area contributed by atoms with E-state index in [-0.39, 0.29) is 30.7 Å². The number of aliphatic hydroxyl groups is 2. The van der Waals surface area contributed by atoms with Crippen molar-refractivity contribution in [3.05, 3.63) is 29.3 Å². The van der Waals surface area contributed by atoms with E-state index in [1.807, 2.05) is 32.9 Å². The summed E-state index contributed by atoms with van der Waals surface area (Å²) < 4.78 is 11.2. The molecule has 1 fully saturated rings. The van der Waals surface area contributed by atoms with Crippen molar-refractivity contribution in [1.29, 1.82) is 0 Å². The molecule has 0 heterocycles. The van der Waals surface area contributed by atoms with Crippen LogP contribution in [0.4, 0.5) is 0 Å². The molecule has 0 aromatic heterocycles. The Kier molecular flexibility index (Phi) is 8.62. The van der Waals surface area contributed by atoms with E-state index in [1.165, 1.54) is 24.0 Å². The minimum Gasteiger partial charge on any atom is -0.482 e. The number of aliphatic hydroxyl groups excluding tert-OH is 2. The first-order chi connectivity index (χ1) is 15.2. The molecule has 1 aromatic carbocycles. The molecule has 5 heteroatoms. The van der Waals surface area contributed by atoms with E-state index in [2.05, 4.69) is 13.0 Å². The van der Waals surface area contributed by atoms with Crippen LogP contribution in [0.15, 0.2) is 18.2 Å². The van der Waals surface area contributed by atoms with Crippen molar-refractivity contribution in [2.75, 3.05) is 6.61 Å². The number of esters is 1. The average Bonchev–Trinajstić information content (AvgIpc) is 3.02. The van der Waals surface area contributed by atoms with Gasteiger partial charge in [0.2, 0.25) is 0 Å². The maximum absolute atomic E-state index is 12.1. The lowest BCUT2D eigenvalue weighted by Gasteiger charge is -2.32. The van der Waals surface area contributed by atoms with Crippen LogP contribution in [0.5, 0.6) is 5.75 Å². The molecule has 0 spiro atoms. The summed E-state index contributed by atoms with van der Waals surface area (Å²) in [6, 6.07) is 6.06. The molecule has 0 aliphatic heterocycles. The van der Waals surface area contributed by atoms with Gasteiger partial charge in [-0.1, -0.05) is 38.3 Å². The van der Waals surface area contributed by atoms with E-state index in [0.29, 0.717) is 11.8 Å². The zero-order valence-electron chi connectivity index (χ0n) is 20.3. The molecule has 5 unspecified atom stereocenters. The molecule has 1 saturated carbocycles. The highest BCUT2D eigenvalue weighted by atomic mass is 16.6. The zero-order chi connectivity index (χ0) is 23.3. The number of unbranched alkanes of at least 4 members (excludes halogenated alkanes) is 2. The van der Waals surface area contributed by atoms with E-state index in [0.717, 1.165) is 50.7 Å². The summed E-state index contributed by atoms with van der Waals surface area (Å²) >= 11 is 0. The lowest BCUT2D eigenvalue weighted by atomic mass is 9.73. The lowest BCUT2D eigenvalue weighted by Crippen LogP contribution is -2.29. The highest BCUT2D eigenvalue weighted by molar-refractivity contribution is 5.71. The van der Waals surface area contributed by atoms with E-state index >= 15 is 0 Å². The van der Waals surface area contributed by atoms with Crippen LogP contribution in [-0.4, -0.2) is 40.6 Å². The van der Waals surface area contributed by atoms with Crippen LogP contribution in [0.25, 0.3) is 0 Å². The van der Waals surface area contributed by atoms with Gasteiger partial charge in [0.25, 0.3) is 0 Å². The van der Waals surface area contributed by atoms with E-state index in [1.54, 1.807) is 0 Å². The van der Waals surface area contributed by atoms with Gasteiger partial charge in [-0.3, -0.25) is 0 Å². The van der Waals surface area contributed by atoms with Crippen LogP contribution in [0.1, 0.15) is 83.8 Å². The first kappa shape index (κ1) is 25.0. The molecular weight excluding hydrogens is 404 g/mol. The van der Waals surface area contributed by atoms with E-state index in [4.69, 9.17) is 9.47 Å². The third-order valence-corrected chi connectivity index (χ3v) is 7.09. The second kappa shape index (κ2) is 11.0. The van der Waals surface area contributed by atoms with Gasteiger partial charge in [-0.05, 0) is 94.2 Å². The van der Waals surface area contributed by atoms with Gasteiger partial charge in [0.05, 0.1) is 12.2 Å². The SMILES string of the molecule is CCCCCC(O)CCC1C(O)CC2Cc3c(cccc3OCC(=O)OC(C)(C)C)CC21. The third kappa shape index (κ3) is 6.71. The van der Waals surface area contributed by atoms with Gasteiger partial charge in [-0.25, -0.2) is 4.79 Å². The van der Waals surface area contributed by atoms with E-state index < -0.39 is 5.60 Å². The molecule has 2 N–H and O–H groups in total. The quantitative estimate of drug-likeness (QED) is 0.397. The number of ether oxygens (including phenoxy) is 2. The highest BCUT2D eigenvalue weighted by Crippen LogP contribution is 2.48. The molecule has 0 saturated heterocycles. The molecule has 180 valence electrons. The van der Waals surface area contributed by atoms with Crippen LogP contribution in [0, 0.1) is 17.8 Å². The Morgan fingerprint density at radius 1 is 1.19 bits per heavy atom. The molecule has 1 aromatic rings. The first-order valence-corrected chi connectivity index (χ1v) is 12.5. The van der Waals surface area contributed by atoms with Crippen LogP contribution >= 0.6 is 0 Å². The van der Waals surface area contributed by atoms with Crippen molar-refractivity contribution in [3.63, 3.8) is 0 Å². The summed E-state index contributed by atoms with van der Waals surface area (Å²) in [6.07, 6.45) is 8.01. The van der Waals surface area contributed by atoms with Gasteiger partial charge in [-0.15, -0.1) is 0 Å². The summed E-state index contributed by atoms with van der Waals surface area (Å²) in [6.45, 7) is 7.63. The second-order valence-electron chi connectivity index (χ2n) is 10.8. The number of hydrogen-bond donors (Lipinski definition) is 2. The van der Waals surface area contributed by atoms with Crippen LogP contribution in [0.3, 0.4) is 0 Å². The fourth-order valence-electron chi connectivity index (χ4n) is 5.61. The Morgan fingerprint density at radius 3 is 2.69 bits per heavy atom. The van der Waals surface area contributed by atoms with Gasteiger partial charge >= 0.3 is 5.97 Å². The van der Waals surface area contributed by atoms with Gasteiger partial charge in [-0.2, -0.15) is 0 Å². The monoisotopic (exact) mass is 446 g/mol. The van der Waals surface area contributed by atoms with Crippen molar-refractivity contribution in [3.8, 4) is 5.75 Å². The zero-order valence-corrected chi connectivity index (χ0v) is 20.3. The summed E-state index contributed by atoms with van der Waals surface area (Å²) in [4.78, 5) is 12.1. The molecule has 0 radical (unpaired) electrons. The molecule has 2 aliphatic rings. The van der Waals surface area contributed by atoms with E-state index in [9.17, 15) is 15.0 Å². The Hall–Kier alpha value is -1.59. The maximum atomic E-state index is 12.1. The molecule has 0 bridgehead atoms. The summed E-state index contributed by atoms with van der Waals surface area (Å²) in [5, 5.41) is 21.2. The highest BCUT2D eigenvalue weighted by Gasteiger charge is 2.44. The fraction of sp³-hybridized carbons (Fsp3) is 0.741. The van der Waals surface area contributed by atoms with Gasteiger partial charge < -0.3 is 19.7 Å². The number of hydrogen-bond acceptors (Lipinski definition) is 5. The lowest BCUT2D eigenvalue weighted by molar-refractivity contribution is -0.157. The van der Waals surface area contributed by atoms with Gasteiger partial charge in [0.1, 0.15) is 11.4 Å². The smallest absolute Gasteiger partial charge is 0.344 e. The topological polar surface area (TPSA) is 76.0 Å². The summed E-state index contributed by atoms with van der Waals surface area (Å²) in [5.74, 6) is 1.52. The fourth-order valence-corrected chi connectivity index (χ4v) is 5.61. The van der Waals surface area contributed by atoms with Crippen molar-refractivity contribution >= 4 is 5.97 Å². The predicted molar refractivity (Wildman–Crippen MR) is 126 cm³/mol. The van der Waals surface area contributed by atoms with Crippen molar-refractivity contribution < 1.29 is 24.5 Å². The Bertz CT molecular complexity index is 753. The van der Waals surface area contributed by atoms with Gasteiger partial charge in [0.15, 0.2) is 6.61 Å². The molecule has 32 heavy (non-hydrogen) atoms. The van der Waals surface area contributed by atoms with Crippen molar-refractivity contribution in [2.24, 2.45) is 17.8 Å². The molecule has 5 atom stereocenters.